The first-order valence-electron chi connectivity index (χ1n) is 6.77. The molecule has 4 nitrogen and oxygen atoms in total. The molecule has 0 saturated carbocycles. The number of nitrogens with zero attached hydrogens (tertiary/aromatic N) is 1. The molecule has 1 saturated heterocycles. The summed E-state index contributed by atoms with van der Waals surface area (Å²) in [6, 6.07) is 8.51. The van der Waals surface area contributed by atoms with E-state index in [-0.39, 0.29) is 11.7 Å². The molecule has 0 atom stereocenters. The first-order chi connectivity index (χ1) is 11.8. The van der Waals surface area contributed by atoms with Crippen LogP contribution in [0.15, 0.2) is 49.2 Å². The lowest BCUT2D eigenvalue weighted by Gasteiger charge is -2.03. The third kappa shape index (κ3) is 4.23. The molecule has 25 heavy (non-hydrogen) atoms. The molecule has 2 aromatic rings. The minimum atomic E-state index is -0.308. The number of aliphatic imine (C=N–C) groups is 1. The summed E-state index contributed by atoms with van der Waals surface area (Å²) in [5.41, 5.74) is 0.965. The Balaban J connectivity index is 1.93. The highest BCUT2D eigenvalue weighted by molar-refractivity contribution is 9.11. The molecule has 9 heteroatoms. The predicted molar refractivity (Wildman–Crippen MR) is 111 cm³/mol. The number of hydrogen-bond donors (Lipinski definition) is 2. The van der Waals surface area contributed by atoms with Gasteiger partial charge in [-0.2, -0.15) is 0 Å². The average molecular weight is 523 g/mol. The van der Waals surface area contributed by atoms with Gasteiger partial charge in [-0.15, -0.1) is 0 Å². The molecule has 0 radical (unpaired) electrons. The van der Waals surface area contributed by atoms with Gasteiger partial charge in [0.05, 0.1) is 25.1 Å². The topological polar surface area (TPSA) is 61.7 Å². The molecule has 1 heterocycles. The molecule has 0 aliphatic carbocycles. The lowest BCUT2D eigenvalue weighted by molar-refractivity contribution is -0.115. The van der Waals surface area contributed by atoms with Crippen molar-refractivity contribution in [1.82, 2.24) is 5.32 Å². The summed E-state index contributed by atoms with van der Waals surface area (Å²) in [6.45, 7) is 0. The van der Waals surface area contributed by atoms with Crippen LogP contribution >= 0.6 is 66.8 Å². The first-order valence-corrected chi connectivity index (χ1v) is 9.92. The quantitative estimate of drug-likeness (QED) is 0.467. The molecule has 2 aromatic carbocycles. The number of hydrogen-bond acceptors (Lipinski definition) is 4. The Bertz CT molecular complexity index is 948. The van der Waals surface area contributed by atoms with Gasteiger partial charge in [-0.1, -0.05) is 45.2 Å². The Kier molecular flexibility index (Phi) is 5.80. The number of halogens is 4. The number of phenolic OH excluding ortho intramolecular Hbond substituents is 1. The molecule has 0 spiro atoms. The Morgan fingerprint density at radius 3 is 2.76 bits per heavy atom. The van der Waals surface area contributed by atoms with Crippen LogP contribution in [0, 0.1) is 0 Å². The molecule has 3 rings (SSSR count). The highest BCUT2D eigenvalue weighted by Crippen LogP contribution is 2.37. The number of carbonyl (C=O) groups is 1. The average Bonchev–Trinajstić information content (AvgIpc) is 2.88. The number of nitrogens with one attached hydrogen (secondary N) is 1. The van der Waals surface area contributed by atoms with Gasteiger partial charge < -0.3 is 10.4 Å². The minimum Gasteiger partial charge on any atom is -0.506 e. The van der Waals surface area contributed by atoms with Gasteiger partial charge in [0.2, 0.25) is 0 Å². The SMILES string of the molecule is O=C1NC(=Nc2cccc(Cl)c2Cl)S/C1=C\c1cc(Br)cc(Br)c1O. The lowest BCUT2D eigenvalue weighted by atomic mass is 10.2. The van der Waals surface area contributed by atoms with E-state index >= 15 is 0 Å². The molecule has 0 aromatic heterocycles. The summed E-state index contributed by atoms with van der Waals surface area (Å²) < 4.78 is 1.30. The van der Waals surface area contributed by atoms with E-state index < -0.39 is 0 Å². The van der Waals surface area contributed by atoms with E-state index in [9.17, 15) is 9.90 Å². The lowest BCUT2D eigenvalue weighted by Crippen LogP contribution is -2.19. The molecule has 128 valence electrons. The Morgan fingerprint density at radius 2 is 2.00 bits per heavy atom. The largest absolute Gasteiger partial charge is 0.506 e. The van der Waals surface area contributed by atoms with E-state index in [1.807, 2.05) is 0 Å². The Hall–Kier alpha value is -0.990. The standard InChI is InChI=1S/C16H8Br2Cl2N2O2S/c17-8-4-7(14(23)9(18)6-8)5-12-15(24)22-16(25-12)21-11-3-1-2-10(19)13(11)20/h1-6,23H,(H,21,22,24)/b12-5-. The van der Waals surface area contributed by atoms with Crippen molar-refractivity contribution in [3.63, 3.8) is 0 Å². The van der Waals surface area contributed by atoms with Gasteiger partial charge in [0.1, 0.15) is 5.75 Å². The predicted octanol–water partition coefficient (Wildman–Crippen LogP) is 6.12. The number of rotatable bonds is 2. The molecule has 1 amide bonds. The second-order valence-corrected chi connectivity index (χ2v) is 8.47. The minimum absolute atomic E-state index is 0.0485. The van der Waals surface area contributed by atoms with Crippen LogP contribution in [0.4, 0.5) is 5.69 Å². The monoisotopic (exact) mass is 520 g/mol. The summed E-state index contributed by atoms with van der Waals surface area (Å²) in [6.07, 6.45) is 1.59. The first kappa shape index (κ1) is 18.8. The fourth-order valence-corrected chi connectivity index (χ4v) is 4.43. The van der Waals surface area contributed by atoms with Gasteiger partial charge in [-0.05, 0) is 58.0 Å². The highest BCUT2D eigenvalue weighted by Gasteiger charge is 2.25. The van der Waals surface area contributed by atoms with E-state index in [0.29, 0.717) is 35.8 Å². The van der Waals surface area contributed by atoms with E-state index in [0.717, 1.165) is 16.2 Å². The van der Waals surface area contributed by atoms with Crippen molar-refractivity contribution in [3.05, 3.63) is 59.8 Å². The second kappa shape index (κ2) is 7.72. The van der Waals surface area contributed by atoms with Crippen LogP contribution in [0.2, 0.25) is 10.0 Å². The number of thioether (sulfide) groups is 1. The van der Waals surface area contributed by atoms with Crippen LogP contribution in [0.25, 0.3) is 6.08 Å². The van der Waals surface area contributed by atoms with Gasteiger partial charge in [-0.3, -0.25) is 4.79 Å². The number of phenols is 1. The summed E-state index contributed by atoms with van der Waals surface area (Å²) in [4.78, 5) is 16.9. The molecular formula is C16H8Br2Cl2N2O2S. The van der Waals surface area contributed by atoms with Crippen molar-refractivity contribution in [2.75, 3.05) is 0 Å². The van der Waals surface area contributed by atoms with E-state index in [2.05, 4.69) is 42.2 Å². The number of amidine groups is 1. The zero-order chi connectivity index (χ0) is 18.1. The van der Waals surface area contributed by atoms with E-state index in [4.69, 9.17) is 23.2 Å². The van der Waals surface area contributed by atoms with Crippen molar-refractivity contribution >= 4 is 89.7 Å². The number of carbonyl (C=O) groups excluding carboxylic acids is 1. The van der Waals surface area contributed by atoms with Gasteiger partial charge in [0, 0.05) is 10.0 Å². The maximum atomic E-state index is 12.2. The normalized spacial score (nSPS) is 17.4. The third-order valence-corrected chi connectivity index (χ3v) is 5.93. The maximum absolute atomic E-state index is 12.2. The van der Waals surface area contributed by atoms with Crippen molar-refractivity contribution in [1.29, 1.82) is 0 Å². The summed E-state index contributed by atoms with van der Waals surface area (Å²) in [5, 5.41) is 13.9. The number of benzene rings is 2. The second-order valence-electron chi connectivity index (χ2n) is 4.88. The fourth-order valence-electron chi connectivity index (χ4n) is 2.01. The van der Waals surface area contributed by atoms with Crippen molar-refractivity contribution < 1.29 is 9.90 Å². The highest BCUT2D eigenvalue weighted by atomic mass is 79.9. The molecule has 0 bridgehead atoms. The Morgan fingerprint density at radius 1 is 1.24 bits per heavy atom. The van der Waals surface area contributed by atoms with E-state index in [1.54, 1.807) is 36.4 Å². The van der Waals surface area contributed by atoms with Crippen LogP contribution < -0.4 is 5.32 Å². The van der Waals surface area contributed by atoms with Crippen molar-refractivity contribution in [2.24, 2.45) is 4.99 Å². The Labute approximate surface area is 174 Å². The van der Waals surface area contributed by atoms with Gasteiger partial charge in [-0.25, -0.2) is 4.99 Å². The number of aromatic hydroxyl groups is 1. The smallest absolute Gasteiger partial charge is 0.264 e. The molecule has 1 aliphatic heterocycles. The van der Waals surface area contributed by atoms with Gasteiger partial charge in [0.15, 0.2) is 5.17 Å². The van der Waals surface area contributed by atoms with Crippen LogP contribution in [-0.2, 0) is 4.79 Å². The van der Waals surface area contributed by atoms with Gasteiger partial charge in [0.25, 0.3) is 5.91 Å². The van der Waals surface area contributed by atoms with Crippen molar-refractivity contribution in [3.8, 4) is 5.75 Å². The van der Waals surface area contributed by atoms with Crippen LogP contribution in [0.1, 0.15) is 5.56 Å². The fraction of sp³-hybridized carbons (Fsp3) is 0. The summed E-state index contributed by atoms with van der Waals surface area (Å²) >= 11 is 19.8. The van der Waals surface area contributed by atoms with Crippen molar-refractivity contribution in [2.45, 2.75) is 0 Å². The molecule has 2 N–H and O–H groups in total. The third-order valence-electron chi connectivity index (χ3n) is 3.15. The molecule has 0 unspecified atom stereocenters. The van der Waals surface area contributed by atoms with E-state index in [1.165, 1.54) is 0 Å². The van der Waals surface area contributed by atoms with Crippen LogP contribution in [-0.4, -0.2) is 16.2 Å². The molecule has 1 aliphatic rings. The zero-order valence-corrected chi connectivity index (χ0v) is 17.7. The van der Waals surface area contributed by atoms with Crippen LogP contribution in [0.5, 0.6) is 5.75 Å². The molecule has 1 fully saturated rings. The van der Waals surface area contributed by atoms with Gasteiger partial charge >= 0.3 is 0 Å². The maximum Gasteiger partial charge on any atom is 0.264 e. The number of amides is 1. The van der Waals surface area contributed by atoms with Crippen LogP contribution in [0.3, 0.4) is 0 Å². The molecular weight excluding hydrogens is 515 g/mol. The zero-order valence-electron chi connectivity index (χ0n) is 12.2. The summed E-state index contributed by atoms with van der Waals surface area (Å²) in [7, 11) is 0. The summed E-state index contributed by atoms with van der Waals surface area (Å²) in [5.74, 6) is -0.259.